The second-order valence-electron chi connectivity index (χ2n) is 6.81. The van der Waals surface area contributed by atoms with Crippen LogP contribution in [0.5, 0.6) is 0 Å². The minimum absolute atomic E-state index is 0.441. The van der Waals surface area contributed by atoms with Crippen molar-refractivity contribution in [2.45, 2.75) is 40.7 Å². The van der Waals surface area contributed by atoms with Gasteiger partial charge in [0.15, 0.2) is 0 Å². The maximum absolute atomic E-state index is 3.47. The predicted octanol–water partition coefficient (Wildman–Crippen LogP) is 3.67. The average Bonchev–Trinajstić information content (AvgIpc) is 2.26. The SMILES string of the molecule is CCCNCc1cccc(N2CC(C(C)(C)C)C2)c1. The van der Waals surface area contributed by atoms with Crippen LogP contribution in [-0.2, 0) is 6.54 Å². The summed E-state index contributed by atoms with van der Waals surface area (Å²) in [6.45, 7) is 13.7. The van der Waals surface area contributed by atoms with Gasteiger partial charge in [0.25, 0.3) is 0 Å². The lowest BCUT2D eigenvalue weighted by molar-refractivity contribution is 0.195. The van der Waals surface area contributed by atoms with Gasteiger partial charge in [-0.15, -0.1) is 0 Å². The molecule has 1 N–H and O–H groups in total. The fourth-order valence-electron chi connectivity index (χ4n) is 2.51. The van der Waals surface area contributed by atoms with Crippen molar-refractivity contribution in [3.63, 3.8) is 0 Å². The van der Waals surface area contributed by atoms with E-state index in [1.54, 1.807) is 0 Å². The molecular weight excluding hydrogens is 232 g/mol. The van der Waals surface area contributed by atoms with Crippen molar-refractivity contribution in [1.29, 1.82) is 0 Å². The number of rotatable bonds is 5. The zero-order valence-corrected chi connectivity index (χ0v) is 12.9. The smallest absolute Gasteiger partial charge is 0.0369 e. The Bertz CT molecular complexity index is 400. The van der Waals surface area contributed by atoms with Gasteiger partial charge in [0.05, 0.1) is 0 Å². The normalized spacial score (nSPS) is 16.5. The first-order valence-electron chi connectivity index (χ1n) is 7.55. The Morgan fingerprint density at radius 1 is 1.26 bits per heavy atom. The number of anilines is 1. The van der Waals surface area contributed by atoms with Crippen LogP contribution in [0.2, 0.25) is 0 Å². The standard InChI is InChI=1S/C17H28N2/c1-5-9-18-11-14-7-6-8-16(10-14)19-12-15(13-19)17(2,3)4/h6-8,10,15,18H,5,9,11-13H2,1-4H3. The molecule has 0 bridgehead atoms. The highest BCUT2D eigenvalue weighted by Crippen LogP contribution is 2.36. The van der Waals surface area contributed by atoms with E-state index in [1.165, 1.54) is 30.8 Å². The summed E-state index contributed by atoms with van der Waals surface area (Å²) in [5, 5.41) is 3.47. The molecule has 0 atom stereocenters. The molecule has 2 heteroatoms. The van der Waals surface area contributed by atoms with Gasteiger partial charge in [-0.3, -0.25) is 0 Å². The van der Waals surface area contributed by atoms with Crippen molar-refractivity contribution < 1.29 is 0 Å². The minimum atomic E-state index is 0.441. The van der Waals surface area contributed by atoms with E-state index >= 15 is 0 Å². The topological polar surface area (TPSA) is 15.3 Å². The molecule has 1 aromatic carbocycles. The molecular formula is C17H28N2. The summed E-state index contributed by atoms with van der Waals surface area (Å²) in [6, 6.07) is 8.97. The average molecular weight is 260 g/mol. The Kier molecular flexibility index (Phi) is 4.51. The third kappa shape index (κ3) is 3.73. The van der Waals surface area contributed by atoms with Gasteiger partial charge in [0, 0.05) is 25.3 Å². The monoisotopic (exact) mass is 260 g/mol. The van der Waals surface area contributed by atoms with E-state index in [4.69, 9.17) is 0 Å². The van der Waals surface area contributed by atoms with Crippen LogP contribution in [0.1, 0.15) is 39.7 Å². The summed E-state index contributed by atoms with van der Waals surface area (Å²) in [6.07, 6.45) is 1.19. The molecule has 19 heavy (non-hydrogen) atoms. The molecule has 1 aromatic rings. The third-order valence-electron chi connectivity index (χ3n) is 4.14. The molecule has 0 unspecified atom stereocenters. The van der Waals surface area contributed by atoms with Crippen LogP contribution in [0.25, 0.3) is 0 Å². The quantitative estimate of drug-likeness (QED) is 0.813. The molecule has 2 rings (SSSR count). The highest BCUT2D eigenvalue weighted by atomic mass is 15.2. The van der Waals surface area contributed by atoms with Gasteiger partial charge in [-0.05, 0) is 42.0 Å². The van der Waals surface area contributed by atoms with Crippen molar-refractivity contribution in [2.75, 3.05) is 24.5 Å². The van der Waals surface area contributed by atoms with Gasteiger partial charge in [0.1, 0.15) is 0 Å². The molecule has 1 saturated heterocycles. The number of nitrogens with zero attached hydrogens (tertiary/aromatic N) is 1. The molecule has 0 saturated carbocycles. The highest BCUT2D eigenvalue weighted by Gasteiger charge is 2.35. The van der Waals surface area contributed by atoms with Gasteiger partial charge in [-0.2, -0.15) is 0 Å². The lowest BCUT2D eigenvalue weighted by Gasteiger charge is -2.47. The number of benzene rings is 1. The number of hydrogen-bond acceptors (Lipinski definition) is 2. The second-order valence-corrected chi connectivity index (χ2v) is 6.81. The Hall–Kier alpha value is -1.02. The van der Waals surface area contributed by atoms with Crippen molar-refractivity contribution in [2.24, 2.45) is 11.3 Å². The minimum Gasteiger partial charge on any atom is -0.371 e. The molecule has 1 fully saturated rings. The Morgan fingerprint density at radius 2 is 2.00 bits per heavy atom. The van der Waals surface area contributed by atoms with Crippen LogP contribution in [0.4, 0.5) is 5.69 Å². The molecule has 106 valence electrons. The maximum atomic E-state index is 3.47. The van der Waals surface area contributed by atoms with Gasteiger partial charge < -0.3 is 10.2 Å². The van der Waals surface area contributed by atoms with Crippen molar-refractivity contribution >= 4 is 5.69 Å². The summed E-state index contributed by atoms with van der Waals surface area (Å²) in [7, 11) is 0. The van der Waals surface area contributed by atoms with Gasteiger partial charge in [-0.1, -0.05) is 39.8 Å². The van der Waals surface area contributed by atoms with E-state index in [2.05, 4.69) is 62.2 Å². The van der Waals surface area contributed by atoms with Gasteiger partial charge in [-0.25, -0.2) is 0 Å². The molecule has 0 aromatic heterocycles. The molecule has 1 heterocycles. The van der Waals surface area contributed by atoms with E-state index in [0.29, 0.717) is 5.41 Å². The highest BCUT2D eigenvalue weighted by molar-refractivity contribution is 5.51. The Balaban J connectivity index is 1.90. The fourth-order valence-corrected chi connectivity index (χ4v) is 2.51. The van der Waals surface area contributed by atoms with Crippen LogP contribution < -0.4 is 10.2 Å². The summed E-state index contributed by atoms with van der Waals surface area (Å²) in [5.74, 6) is 0.828. The lowest BCUT2D eigenvalue weighted by atomic mass is 9.76. The summed E-state index contributed by atoms with van der Waals surface area (Å²) < 4.78 is 0. The van der Waals surface area contributed by atoms with E-state index in [0.717, 1.165) is 19.0 Å². The van der Waals surface area contributed by atoms with Crippen molar-refractivity contribution in [1.82, 2.24) is 5.32 Å². The molecule has 0 amide bonds. The molecule has 0 radical (unpaired) electrons. The van der Waals surface area contributed by atoms with Crippen molar-refractivity contribution in [3.8, 4) is 0 Å². The first-order chi connectivity index (χ1) is 9.00. The fraction of sp³-hybridized carbons (Fsp3) is 0.647. The van der Waals surface area contributed by atoms with Crippen LogP contribution in [0.3, 0.4) is 0 Å². The number of hydrogen-bond donors (Lipinski definition) is 1. The predicted molar refractivity (Wildman–Crippen MR) is 83.6 cm³/mol. The molecule has 1 aliphatic heterocycles. The van der Waals surface area contributed by atoms with E-state index < -0.39 is 0 Å². The molecule has 0 aliphatic carbocycles. The molecule has 1 aliphatic rings. The molecule has 2 nitrogen and oxygen atoms in total. The van der Waals surface area contributed by atoms with Gasteiger partial charge >= 0.3 is 0 Å². The van der Waals surface area contributed by atoms with Crippen LogP contribution >= 0.6 is 0 Å². The van der Waals surface area contributed by atoms with E-state index in [1.807, 2.05) is 0 Å². The lowest BCUT2D eigenvalue weighted by Crippen LogP contribution is -2.52. The third-order valence-corrected chi connectivity index (χ3v) is 4.14. The Morgan fingerprint density at radius 3 is 2.63 bits per heavy atom. The summed E-state index contributed by atoms with van der Waals surface area (Å²) in [4.78, 5) is 2.50. The van der Waals surface area contributed by atoms with Crippen molar-refractivity contribution in [3.05, 3.63) is 29.8 Å². The number of nitrogens with one attached hydrogen (secondary N) is 1. The van der Waals surface area contributed by atoms with Gasteiger partial charge in [0.2, 0.25) is 0 Å². The maximum Gasteiger partial charge on any atom is 0.0369 e. The Labute approximate surface area is 118 Å². The zero-order valence-electron chi connectivity index (χ0n) is 12.9. The summed E-state index contributed by atoms with van der Waals surface area (Å²) >= 11 is 0. The first-order valence-corrected chi connectivity index (χ1v) is 7.55. The van der Waals surface area contributed by atoms with E-state index in [-0.39, 0.29) is 0 Å². The second kappa shape index (κ2) is 5.96. The van der Waals surface area contributed by atoms with Crippen LogP contribution in [0, 0.1) is 11.3 Å². The zero-order chi connectivity index (χ0) is 13.9. The first kappa shape index (κ1) is 14.4. The van der Waals surface area contributed by atoms with E-state index in [9.17, 15) is 0 Å². The summed E-state index contributed by atoms with van der Waals surface area (Å²) in [5.41, 5.74) is 3.22. The molecule has 0 spiro atoms. The van der Waals surface area contributed by atoms with Crippen LogP contribution in [0.15, 0.2) is 24.3 Å². The van der Waals surface area contributed by atoms with Crippen LogP contribution in [-0.4, -0.2) is 19.6 Å². The largest absolute Gasteiger partial charge is 0.371 e.